The number of benzene rings is 2. The molecule has 6 aromatic rings. The van der Waals surface area contributed by atoms with E-state index in [1.807, 2.05) is 61.5 Å². The number of aromatic amines is 1. The molecule has 0 aliphatic carbocycles. The summed E-state index contributed by atoms with van der Waals surface area (Å²) in [7, 11) is 0. The van der Waals surface area contributed by atoms with E-state index in [4.69, 9.17) is 10.8 Å². The lowest BCUT2D eigenvalue weighted by Gasteiger charge is -2.17. The van der Waals surface area contributed by atoms with Crippen LogP contribution in [-0.4, -0.2) is 34.5 Å². The van der Waals surface area contributed by atoms with Crippen LogP contribution in [0.15, 0.2) is 78.1 Å². The monoisotopic (exact) mass is 448 g/mol. The second-order valence-corrected chi connectivity index (χ2v) is 8.10. The van der Waals surface area contributed by atoms with Gasteiger partial charge in [0.2, 0.25) is 0 Å². The van der Waals surface area contributed by atoms with Crippen molar-refractivity contribution in [3.63, 3.8) is 0 Å². The molecule has 0 fully saturated rings. The minimum absolute atomic E-state index is 0.0805. The van der Waals surface area contributed by atoms with Crippen molar-refractivity contribution in [3.05, 3.63) is 94.9 Å². The third-order valence-corrected chi connectivity index (χ3v) is 6.00. The van der Waals surface area contributed by atoms with Gasteiger partial charge in [0.25, 0.3) is 5.56 Å². The molecule has 34 heavy (non-hydrogen) atoms. The maximum Gasteiger partial charge on any atom is 0.263 e. The summed E-state index contributed by atoms with van der Waals surface area (Å²) in [4.78, 5) is 22.3. The van der Waals surface area contributed by atoms with Crippen LogP contribution >= 0.6 is 0 Å². The number of nitrogens with two attached hydrogens (primary N) is 1. The molecule has 6 rings (SSSR count). The van der Waals surface area contributed by atoms with Crippen LogP contribution in [-0.2, 0) is 6.54 Å². The molecule has 9 heteroatoms. The molecule has 0 bridgehead atoms. The molecule has 4 aromatic heterocycles. The normalized spacial score (nSPS) is 11.4. The first kappa shape index (κ1) is 19.9. The van der Waals surface area contributed by atoms with E-state index in [0.717, 1.165) is 27.9 Å². The average molecular weight is 448 g/mol. The van der Waals surface area contributed by atoms with Gasteiger partial charge in [0.05, 0.1) is 23.8 Å². The number of anilines is 1. The molecule has 0 saturated heterocycles. The fourth-order valence-electron chi connectivity index (χ4n) is 4.38. The highest BCUT2D eigenvalue weighted by Gasteiger charge is 2.20. The first-order valence-corrected chi connectivity index (χ1v) is 10.8. The number of pyridine rings is 1. The number of hydrogen-bond acceptors (Lipinski definition) is 6. The van der Waals surface area contributed by atoms with Gasteiger partial charge < -0.3 is 5.73 Å². The summed E-state index contributed by atoms with van der Waals surface area (Å²) in [5.41, 5.74) is 10.7. The lowest BCUT2D eigenvalue weighted by atomic mass is 10.1. The first-order valence-electron chi connectivity index (χ1n) is 10.8. The molecule has 0 spiro atoms. The summed E-state index contributed by atoms with van der Waals surface area (Å²) >= 11 is 0. The van der Waals surface area contributed by atoms with E-state index in [2.05, 4.69) is 20.2 Å². The van der Waals surface area contributed by atoms with Crippen LogP contribution in [0, 0.1) is 6.92 Å². The molecule has 0 radical (unpaired) electrons. The van der Waals surface area contributed by atoms with Crippen molar-refractivity contribution >= 4 is 27.6 Å². The van der Waals surface area contributed by atoms with Gasteiger partial charge in [0.1, 0.15) is 17.8 Å². The first-order chi connectivity index (χ1) is 16.6. The Kier molecular flexibility index (Phi) is 4.48. The highest BCUT2D eigenvalue weighted by Crippen LogP contribution is 2.30. The molecule has 0 unspecified atom stereocenters. The van der Waals surface area contributed by atoms with Crippen LogP contribution in [0.2, 0.25) is 0 Å². The van der Waals surface area contributed by atoms with Crippen molar-refractivity contribution in [2.45, 2.75) is 13.5 Å². The Hall–Kier alpha value is -4.79. The summed E-state index contributed by atoms with van der Waals surface area (Å²) in [6.45, 7) is 2.30. The molecule has 3 N–H and O–H groups in total. The van der Waals surface area contributed by atoms with E-state index < -0.39 is 0 Å². The van der Waals surface area contributed by atoms with Gasteiger partial charge in [0, 0.05) is 22.8 Å². The van der Waals surface area contributed by atoms with Crippen molar-refractivity contribution < 1.29 is 0 Å². The minimum Gasteiger partial charge on any atom is -0.383 e. The Balaban J connectivity index is 1.62. The maximum atomic E-state index is 13.7. The number of hydrogen-bond donors (Lipinski definition) is 2. The standard InChI is InChI=1S/C25H20N8O/c1-15-6-2-5-9-20(15)33-18(10-16-7-3-4-8-19(16)25(33)34)13-32-24-21(23(26)27-14-28-24)22(31-32)17-11-29-30-12-17/h2-12,14H,13H2,1H3,(H,29,30)(H2,26,27,28). The van der Waals surface area contributed by atoms with Crippen molar-refractivity contribution in [2.75, 3.05) is 5.73 Å². The minimum atomic E-state index is -0.0805. The number of fused-ring (bicyclic) bond motifs is 2. The molecule has 2 aromatic carbocycles. The number of nitrogens with one attached hydrogen (secondary N) is 1. The molecule has 4 heterocycles. The van der Waals surface area contributed by atoms with Crippen molar-refractivity contribution in [1.29, 1.82) is 0 Å². The Morgan fingerprint density at radius 2 is 1.88 bits per heavy atom. The number of nitrogens with zero attached hydrogens (tertiary/aromatic N) is 6. The Labute approximate surface area is 193 Å². The molecule has 0 aliphatic heterocycles. The van der Waals surface area contributed by atoms with Gasteiger partial charge in [-0.1, -0.05) is 36.4 Å². The van der Waals surface area contributed by atoms with Gasteiger partial charge in [-0.3, -0.25) is 14.5 Å². The van der Waals surface area contributed by atoms with Gasteiger partial charge in [-0.2, -0.15) is 10.2 Å². The average Bonchev–Trinajstić information content (AvgIpc) is 3.49. The van der Waals surface area contributed by atoms with E-state index in [0.29, 0.717) is 34.5 Å². The molecule has 0 saturated carbocycles. The van der Waals surface area contributed by atoms with Crippen molar-refractivity contribution in [2.24, 2.45) is 0 Å². The quantitative estimate of drug-likeness (QED) is 0.426. The van der Waals surface area contributed by atoms with Crippen LogP contribution in [0.1, 0.15) is 11.3 Å². The molecular weight excluding hydrogens is 428 g/mol. The topological polar surface area (TPSA) is 120 Å². The molecular formula is C25H20N8O. The van der Waals surface area contributed by atoms with Gasteiger partial charge >= 0.3 is 0 Å². The van der Waals surface area contributed by atoms with E-state index in [9.17, 15) is 4.79 Å². The van der Waals surface area contributed by atoms with E-state index in [-0.39, 0.29) is 5.56 Å². The van der Waals surface area contributed by atoms with Crippen LogP contribution < -0.4 is 11.3 Å². The highest BCUT2D eigenvalue weighted by molar-refractivity contribution is 5.98. The van der Waals surface area contributed by atoms with Gasteiger partial charge in [-0.05, 0) is 36.1 Å². The Morgan fingerprint density at radius 3 is 2.71 bits per heavy atom. The molecule has 9 nitrogen and oxygen atoms in total. The second-order valence-electron chi connectivity index (χ2n) is 8.10. The molecule has 0 atom stereocenters. The fraction of sp³-hybridized carbons (Fsp3) is 0.0800. The van der Waals surface area contributed by atoms with Crippen molar-refractivity contribution in [3.8, 4) is 16.9 Å². The summed E-state index contributed by atoms with van der Waals surface area (Å²) in [6, 6.07) is 17.5. The van der Waals surface area contributed by atoms with Crippen LogP contribution in [0.3, 0.4) is 0 Å². The number of aryl methyl sites for hydroxylation is 1. The maximum absolute atomic E-state index is 13.7. The predicted octanol–water partition coefficient (Wildman–Crippen LogP) is 3.46. The van der Waals surface area contributed by atoms with Crippen molar-refractivity contribution in [1.82, 2.24) is 34.5 Å². The van der Waals surface area contributed by atoms with Crippen LogP contribution in [0.5, 0.6) is 0 Å². The summed E-state index contributed by atoms with van der Waals surface area (Å²) < 4.78 is 3.52. The molecule has 0 aliphatic rings. The third-order valence-electron chi connectivity index (χ3n) is 6.00. The zero-order valence-corrected chi connectivity index (χ0v) is 18.3. The van der Waals surface area contributed by atoms with E-state index >= 15 is 0 Å². The second kappa shape index (κ2) is 7.66. The van der Waals surface area contributed by atoms with Gasteiger partial charge in [-0.15, -0.1) is 0 Å². The highest BCUT2D eigenvalue weighted by atomic mass is 16.1. The summed E-state index contributed by atoms with van der Waals surface area (Å²) in [5.74, 6) is 0.335. The Bertz CT molecular complexity index is 1730. The van der Waals surface area contributed by atoms with E-state index in [1.54, 1.807) is 21.6 Å². The van der Waals surface area contributed by atoms with E-state index in [1.165, 1.54) is 6.33 Å². The van der Waals surface area contributed by atoms with Gasteiger partial charge in [-0.25, -0.2) is 14.6 Å². The number of aromatic nitrogens is 7. The molecule has 166 valence electrons. The van der Waals surface area contributed by atoms with Crippen LogP contribution in [0.25, 0.3) is 38.8 Å². The number of H-pyrrole nitrogens is 1. The number of nitrogen functional groups attached to an aromatic ring is 1. The summed E-state index contributed by atoms with van der Waals surface area (Å²) in [5, 5.41) is 13.8. The SMILES string of the molecule is Cc1ccccc1-n1c(Cn2nc(-c3cn[nH]c3)c3c(N)ncnc32)cc2ccccc2c1=O. The molecule has 0 amide bonds. The fourth-order valence-corrected chi connectivity index (χ4v) is 4.38. The smallest absolute Gasteiger partial charge is 0.263 e. The van der Waals surface area contributed by atoms with Gasteiger partial charge in [0.15, 0.2) is 5.65 Å². The number of para-hydroxylation sites is 1. The predicted molar refractivity (Wildman–Crippen MR) is 131 cm³/mol. The zero-order chi connectivity index (χ0) is 23.2. The van der Waals surface area contributed by atoms with Crippen LogP contribution in [0.4, 0.5) is 5.82 Å². The zero-order valence-electron chi connectivity index (χ0n) is 18.3. The number of rotatable bonds is 4. The third kappa shape index (κ3) is 3.06. The Morgan fingerprint density at radius 1 is 1.06 bits per heavy atom. The lowest BCUT2D eigenvalue weighted by molar-refractivity contribution is 0.672. The lowest BCUT2D eigenvalue weighted by Crippen LogP contribution is -2.24. The largest absolute Gasteiger partial charge is 0.383 e. The summed E-state index contributed by atoms with van der Waals surface area (Å²) in [6.07, 6.45) is 4.85.